The number of carbonyl (C=O) groups is 1. The van der Waals surface area contributed by atoms with Crippen LogP contribution >= 0.6 is 11.8 Å². The summed E-state index contributed by atoms with van der Waals surface area (Å²) in [5.74, 6) is 5.40. The molecule has 0 radical (unpaired) electrons. The average Bonchev–Trinajstić information content (AvgIpc) is 2.19. The predicted octanol–water partition coefficient (Wildman–Crippen LogP) is -0.0513. The largest absolute Gasteiger partial charge is 0.294 e. The number of aromatic nitrogens is 2. The highest BCUT2D eigenvalue weighted by Crippen LogP contribution is 2.13. The van der Waals surface area contributed by atoms with Crippen LogP contribution in [0.3, 0.4) is 0 Å². The summed E-state index contributed by atoms with van der Waals surface area (Å²) in [6.07, 6.45) is 5.27. The molecule has 0 spiro atoms. The number of hydrogen-bond acceptors (Lipinski definition) is 5. The summed E-state index contributed by atoms with van der Waals surface area (Å²) in [5, 5.41) is 0.812. The molecule has 0 aliphatic carbocycles. The summed E-state index contributed by atoms with van der Waals surface area (Å²) in [7, 11) is 0. The molecule has 1 aromatic heterocycles. The lowest BCUT2D eigenvalue weighted by molar-refractivity contribution is -0.120. The summed E-state index contributed by atoms with van der Waals surface area (Å²) < 4.78 is 0. The van der Waals surface area contributed by atoms with Gasteiger partial charge in [0.1, 0.15) is 5.03 Å². The van der Waals surface area contributed by atoms with Crippen LogP contribution in [0.15, 0.2) is 23.6 Å². The SMILES string of the molecule is NNC(=O)CCSc1cnccn1. The van der Waals surface area contributed by atoms with E-state index in [1.54, 1.807) is 18.6 Å². The van der Waals surface area contributed by atoms with Crippen molar-refractivity contribution in [1.29, 1.82) is 0 Å². The van der Waals surface area contributed by atoms with Crippen LogP contribution < -0.4 is 11.3 Å². The highest BCUT2D eigenvalue weighted by Gasteiger charge is 1.99. The predicted molar refractivity (Wildman–Crippen MR) is 49.7 cm³/mol. The summed E-state index contributed by atoms with van der Waals surface area (Å²) >= 11 is 1.47. The Balaban J connectivity index is 2.24. The van der Waals surface area contributed by atoms with Crippen LogP contribution in [0, 0.1) is 0 Å². The third-order valence-electron chi connectivity index (χ3n) is 1.28. The molecule has 0 fully saturated rings. The quantitative estimate of drug-likeness (QED) is 0.307. The maximum Gasteiger partial charge on any atom is 0.234 e. The van der Waals surface area contributed by atoms with Gasteiger partial charge in [-0.2, -0.15) is 0 Å². The molecule has 0 atom stereocenters. The van der Waals surface area contributed by atoms with Gasteiger partial charge >= 0.3 is 0 Å². The van der Waals surface area contributed by atoms with Crippen LogP contribution in [0.4, 0.5) is 0 Å². The standard InChI is InChI=1S/C7H10N4OS/c8-11-6(12)1-4-13-7-5-9-2-3-10-7/h2-3,5H,1,4,8H2,(H,11,12). The van der Waals surface area contributed by atoms with E-state index in [2.05, 4.69) is 15.4 Å². The number of nitrogens with one attached hydrogen (secondary N) is 1. The van der Waals surface area contributed by atoms with Crippen LogP contribution in [-0.4, -0.2) is 21.6 Å². The number of hydrazine groups is 1. The first kappa shape index (κ1) is 9.94. The Hall–Kier alpha value is -1.14. The van der Waals surface area contributed by atoms with Crippen molar-refractivity contribution >= 4 is 17.7 Å². The summed E-state index contributed by atoms with van der Waals surface area (Å²) in [5.41, 5.74) is 2.06. The third kappa shape index (κ3) is 3.86. The second kappa shape index (κ2) is 5.50. The van der Waals surface area contributed by atoms with Gasteiger partial charge in [0.05, 0.1) is 6.20 Å². The number of carbonyl (C=O) groups excluding carboxylic acids is 1. The fourth-order valence-corrected chi connectivity index (χ4v) is 1.45. The molecule has 0 aliphatic heterocycles. The minimum absolute atomic E-state index is 0.170. The topological polar surface area (TPSA) is 80.9 Å². The molecular formula is C7H10N4OS. The summed E-state index contributed by atoms with van der Waals surface area (Å²) in [6.45, 7) is 0. The molecule has 0 saturated carbocycles. The molecule has 0 saturated heterocycles. The maximum atomic E-state index is 10.7. The molecule has 0 bridgehead atoms. The van der Waals surface area contributed by atoms with Crippen LogP contribution in [-0.2, 0) is 4.79 Å². The van der Waals surface area contributed by atoms with Gasteiger partial charge in [-0.05, 0) is 0 Å². The zero-order valence-electron chi connectivity index (χ0n) is 6.93. The molecule has 1 aromatic rings. The molecular weight excluding hydrogens is 188 g/mol. The van der Waals surface area contributed by atoms with Gasteiger partial charge in [0, 0.05) is 24.6 Å². The molecule has 1 rings (SSSR count). The molecule has 0 aliphatic rings. The number of rotatable bonds is 4. The normalized spacial score (nSPS) is 9.62. The van der Waals surface area contributed by atoms with E-state index in [0.29, 0.717) is 12.2 Å². The van der Waals surface area contributed by atoms with Gasteiger partial charge in [0.25, 0.3) is 0 Å². The number of hydrogen-bond donors (Lipinski definition) is 2. The number of nitrogens with two attached hydrogens (primary N) is 1. The average molecular weight is 198 g/mol. The Bertz CT molecular complexity index is 266. The van der Waals surface area contributed by atoms with Crippen LogP contribution in [0.25, 0.3) is 0 Å². The highest BCUT2D eigenvalue weighted by atomic mass is 32.2. The van der Waals surface area contributed by atoms with Crippen molar-refractivity contribution in [3.8, 4) is 0 Å². The Morgan fingerprint density at radius 1 is 1.62 bits per heavy atom. The maximum absolute atomic E-state index is 10.7. The van der Waals surface area contributed by atoms with E-state index in [0.717, 1.165) is 5.03 Å². The molecule has 3 N–H and O–H groups in total. The summed E-state index contributed by atoms with van der Waals surface area (Å²) in [6, 6.07) is 0. The zero-order valence-corrected chi connectivity index (χ0v) is 7.75. The molecule has 0 unspecified atom stereocenters. The van der Waals surface area contributed by atoms with Crippen LogP contribution in [0.5, 0.6) is 0 Å². The van der Waals surface area contributed by atoms with Gasteiger partial charge in [-0.3, -0.25) is 15.2 Å². The van der Waals surface area contributed by atoms with E-state index in [1.165, 1.54) is 11.8 Å². The summed E-state index contributed by atoms with van der Waals surface area (Å²) in [4.78, 5) is 18.6. The van der Waals surface area contributed by atoms with E-state index in [4.69, 9.17) is 5.84 Å². The van der Waals surface area contributed by atoms with E-state index >= 15 is 0 Å². The Kier molecular flexibility index (Phi) is 4.20. The molecule has 0 aromatic carbocycles. The Morgan fingerprint density at radius 3 is 3.08 bits per heavy atom. The van der Waals surface area contributed by atoms with Gasteiger partial charge in [0.2, 0.25) is 5.91 Å². The zero-order chi connectivity index (χ0) is 9.52. The lowest BCUT2D eigenvalue weighted by Crippen LogP contribution is -2.30. The van der Waals surface area contributed by atoms with Crippen molar-refractivity contribution < 1.29 is 4.79 Å². The Labute approximate surface area is 80.1 Å². The van der Waals surface area contributed by atoms with Crippen molar-refractivity contribution in [3.05, 3.63) is 18.6 Å². The van der Waals surface area contributed by atoms with Crippen molar-refractivity contribution in [2.24, 2.45) is 5.84 Å². The van der Waals surface area contributed by atoms with Gasteiger partial charge in [0.15, 0.2) is 0 Å². The van der Waals surface area contributed by atoms with Crippen LogP contribution in [0.1, 0.15) is 6.42 Å². The van der Waals surface area contributed by atoms with Crippen LogP contribution in [0.2, 0.25) is 0 Å². The van der Waals surface area contributed by atoms with Crippen molar-refractivity contribution in [1.82, 2.24) is 15.4 Å². The fraction of sp³-hybridized carbons (Fsp3) is 0.286. The van der Waals surface area contributed by atoms with E-state index in [1.807, 2.05) is 0 Å². The van der Waals surface area contributed by atoms with Crippen molar-refractivity contribution in [2.75, 3.05) is 5.75 Å². The molecule has 70 valence electrons. The third-order valence-corrected chi connectivity index (χ3v) is 2.19. The second-order valence-corrected chi connectivity index (χ2v) is 3.32. The minimum atomic E-state index is -0.170. The first-order valence-corrected chi connectivity index (χ1v) is 4.69. The fourth-order valence-electron chi connectivity index (χ4n) is 0.680. The molecule has 1 heterocycles. The lowest BCUT2D eigenvalue weighted by atomic mass is 10.5. The highest BCUT2D eigenvalue weighted by molar-refractivity contribution is 7.99. The van der Waals surface area contributed by atoms with E-state index in [9.17, 15) is 4.79 Å². The number of amides is 1. The molecule has 5 nitrogen and oxygen atoms in total. The van der Waals surface area contributed by atoms with Crippen molar-refractivity contribution in [3.63, 3.8) is 0 Å². The monoisotopic (exact) mass is 198 g/mol. The van der Waals surface area contributed by atoms with Gasteiger partial charge in [-0.1, -0.05) is 0 Å². The minimum Gasteiger partial charge on any atom is -0.294 e. The van der Waals surface area contributed by atoms with Gasteiger partial charge in [-0.25, -0.2) is 10.8 Å². The first-order chi connectivity index (χ1) is 6.33. The first-order valence-electron chi connectivity index (χ1n) is 3.71. The smallest absolute Gasteiger partial charge is 0.234 e. The van der Waals surface area contributed by atoms with Gasteiger partial charge in [-0.15, -0.1) is 11.8 Å². The second-order valence-electron chi connectivity index (χ2n) is 2.21. The van der Waals surface area contributed by atoms with E-state index in [-0.39, 0.29) is 5.91 Å². The number of thioether (sulfide) groups is 1. The molecule has 13 heavy (non-hydrogen) atoms. The lowest BCUT2D eigenvalue weighted by Gasteiger charge is -1.98. The Morgan fingerprint density at radius 2 is 2.46 bits per heavy atom. The van der Waals surface area contributed by atoms with E-state index < -0.39 is 0 Å². The number of nitrogens with zero attached hydrogens (tertiary/aromatic N) is 2. The molecule has 1 amide bonds. The molecule has 6 heteroatoms. The van der Waals surface area contributed by atoms with Gasteiger partial charge < -0.3 is 0 Å². The van der Waals surface area contributed by atoms with Crippen molar-refractivity contribution in [2.45, 2.75) is 11.4 Å².